The Hall–Kier alpha value is -3.02. The maximum Gasteiger partial charge on any atom is 0.251 e. The summed E-state index contributed by atoms with van der Waals surface area (Å²) < 4.78 is 11.1. The second-order valence-electron chi connectivity index (χ2n) is 7.73. The Morgan fingerprint density at radius 2 is 1.65 bits per heavy atom. The molecule has 2 amide bonds. The predicted molar refractivity (Wildman–Crippen MR) is 121 cm³/mol. The number of benzene rings is 2. The number of aryl methyl sites for hydroxylation is 2. The molecule has 1 atom stereocenters. The van der Waals surface area contributed by atoms with E-state index in [4.69, 9.17) is 9.47 Å². The highest BCUT2D eigenvalue weighted by atomic mass is 16.5. The van der Waals surface area contributed by atoms with Crippen molar-refractivity contribution < 1.29 is 19.1 Å². The van der Waals surface area contributed by atoms with Crippen LogP contribution in [-0.2, 0) is 17.6 Å². The van der Waals surface area contributed by atoms with Crippen LogP contribution in [0.5, 0.6) is 11.5 Å². The minimum absolute atomic E-state index is 0.0920. The molecule has 0 aliphatic heterocycles. The van der Waals surface area contributed by atoms with Crippen molar-refractivity contribution in [1.29, 1.82) is 0 Å². The fourth-order valence-electron chi connectivity index (χ4n) is 3.85. The minimum atomic E-state index is -0.333. The van der Waals surface area contributed by atoms with Crippen LogP contribution in [0.2, 0.25) is 0 Å². The van der Waals surface area contributed by atoms with Gasteiger partial charge in [-0.25, -0.2) is 0 Å². The summed E-state index contributed by atoms with van der Waals surface area (Å²) in [4.78, 5) is 24.9. The quantitative estimate of drug-likeness (QED) is 0.639. The molecule has 0 radical (unpaired) electrons. The van der Waals surface area contributed by atoms with Crippen molar-refractivity contribution in [3.8, 4) is 11.5 Å². The first-order valence-electron chi connectivity index (χ1n) is 11.1. The molecule has 0 saturated carbocycles. The molecule has 1 unspecified atom stereocenters. The minimum Gasteiger partial charge on any atom is -0.490 e. The maximum absolute atomic E-state index is 12.5. The van der Waals surface area contributed by atoms with E-state index in [0.29, 0.717) is 30.3 Å². The van der Waals surface area contributed by atoms with Crippen molar-refractivity contribution in [2.24, 2.45) is 0 Å². The molecule has 166 valence electrons. The van der Waals surface area contributed by atoms with Crippen LogP contribution in [0.1, 0.15) is 66.7 Å². The smallest absolute Gasteiger partial charge is 0.251 e. The van der Waals surface area contributed by atoms with Gasteiger partial charge in [0, 0.05) is 5.56 Å². The highest BCUT2D eigenvalue weighted by Gasteiger charge is 2.16. The zero-order valence-electron chi connectivity index (χ0n) is 18.6. The lowest BCUT2D eigenvalue weighted by Gasteiger charge is -2.20. The second-order valence-corrected chi connectivity index (χ2v) is 7.73. The summed E-state index contributed by atoms with van der Waals surface area (Å²) in [6.45, 7) is 6.61. The average molecular weight is 425 g/mol. The van der Waals surface area contributed by atoms with Crippen LogP contribution in [0, 0.1) is 0 Å². The first-order chi connectivity index (χ1) is 15.0. The molecule has 2 aromatic carbocycles. The number of nitrogens with one attached hydrogen (secondary N) is 2. The predicted octanol–water partition coefficient (Wildman–Crippen LogP) is 3.97. The van der Waals surface area contributed by atoms with Gasteiger partial charge in [-0.05, 0) is 81.3 Å². The van der Waals surface area contributed by atoms with Crippen molar-refractivity contribution >= 4 is 11.8 Å². The lowest BCUT2D eigenvalue weighted by Crippen LogP contribution is -2.38. The molecule has 2 N–H and O–H groups in total. The summed E-state index contributed by atoms with van der Waals surface area (Å²) in [5, 5.41) is 5.65. The Morgan fingerprint density at radius 3 is 2.39 bits per heavy atom. The van der Waals surface area contributed by atoms with Gasteiger partial charge in [-0.15, -0.1) is 0 Å². The van der Waals surface area contributed by atoms with E-state index in [9.17, 15) is 9.59 Å². The molecule has 31 heavy (non-hydrogen) atoms. The van der Waals surface area contributed by atoms with E-state index in [-0.39, 0.29) is 24.4 Å². The van der Waals surface area contributed by atoms with Gasteiger partial charge in [0.25, 0.3) is 5.91 Å². The Morgan fingerprint density at radius 1 is 0.935 bits per heavy atom. The number of carbonyl (C=O) groups excluding carboxylic acids is 2. The fraction of sp³-hybridized carbons (Fsp3) is 0.440. The van der Waals surface area contributed by atoms with Crippen molar-refractivity contribution in [3.63, 3.8) is 0 Å². The van der Waals surface area contributed by atoms with Gasteiger partial charge < -0.3 is 20.1 Å². The topological polar surface area (TPSA) is 76.7 Å². The Kier molecular flexibility index (Phi) is 7.93. The lowest BCUT2D eigenvalue weighted by atomic mass is 9.89. The van der Waals surface area contributed by atoms with Crippen LogP contribution >= 0.6 is 0 Å². The van der Waals surface area contributed by atoms with Gasteiger partial charge in [0.2, 0.25) is 5.91 Å². The zero-order valence-corrected chi connectivity index (χ0v) is 18.6. The molecule has 1 aliphatic carbocycles. The van der Waals surface area contributed by atoms with E-state index in [1.807, 2.05) is 20.8 Å². The molecule has 0 aromatic heterocycles. The number of carbonyl (C=O) groups is 2. The first-order valence-corrected chi connectivity index (χ1v) is 11.1. The van der Waals surface area contributed by atoms with Gasteiger partial charge in [0.1, 0.15) is 0 Å². The van der Waals surface area contributed by atoms with E-state index in [1.54, 1.807) is 18.2 Å². The van der Waals surface area contributed by atoms with E-state index >= 15 is 0 Å². The first kappa shape index (κ1) is 22.7. The molecular weight excluding hydrogens is 392 g/mol. The molecule has 0 fully saturated rings. The second kappa shape index (κ2) is 10.8. The molecule has 0 heterocycles. The van der Waals surface area contributed by atoms with Gasteiger partial charge in [-0.3, -0.25) is 9.59 Å². The standard InChI is InChI=1S/C25H32N2O4/c1-4-30-22-13-12-21(15-23(22)31-5-2)25(29)26-16-24(28)27-17(3)19-11-10-18-8-6-7-9-20(18)14-19/h10-15,17H,4-9,16H2,1-3H3,(H,26,29)(H,27,28). The highest BCUT2D eigenvalue weighted by Crippen LogP contribution is 2.28. The molecule has 6 heteroatoms. The largest absolute Gasteiger partial charge is 0.490 e. The average Bonchev–Trinajstić information content (AvgIpc) is 2.78. The van der Waals surface area contributed by atoms with Gasteiger partial charge in [-0.2, -0.15) is 0 Å². The van der Waals surface area contributed by atoms with Gasteiger partial charge in [0.15, 0.2) is 11.5 Å². The summed E-state index contributed by atoms with van der Waals surface area (Å²) >= 11 is 0. The van der Waals surface area contributed by atoms with Gasteiger partial charge in [0.05, 0.1) is 25.8 Å². The molecule has 0 bridgehead atoms. The van der Waals surface area contributed by atoms with Crippen molar-refractivity contribution in [1.82, 2.24) is 10.6 Å². The molecule has 0 spiro atoms. The Balaban J connectivity index is 1.55. The van der Waals surface area contributed by atoms with Crippen LogP contribution in [0.25, 0.3) is 0 Å². The van der Waals surface area contributed by atoms with Gasteiger partial charge in [-0.1, -0.05) is 18.2 Å². The number of fused-ring (bicyclic) bond motifs is 1. The highest BCUT2D eigenvalue weighted by molar-refractivity contribution is 5.97. The summed E-state index contributed by atoms with van der Waals surface area (Å²) in [6.07, 6.45) is 4.71. The van der Waals surface area contributed by atoms with E-state index < -0.39 is 0 Å². The monoisotopic (exact) mass is 424 g/mol. The van der Waals surface area contributed by atoms with Crippen LogP contribution < -0.4 is 20.1 Å². The van der Waals surface area contributed by atoms with Crippen molar-refractivity contribution in [2.45, 2.75) is 52.5 Å². The van der Waals surface area contributed by atoms with Crippen LogP contribution in [0.3, 0.4) is 0 Å². The van der Waals surface area contributed by atoms with Crippen molar-refractivity contribution in [3.05, 3.63) is 58.7 Å². The summed E-state index contributed by atoms with van der Waals surface area (Å²) in [5.74, 6) is 0.551. The third-order valence-corrected chi connectivity index (χ3v) is 5.47. The summed E-state index contributed by atoms with van der Waals surface area (Å²) in [6, 6.07) is 11.4. The molecule has 1 aliphatic rings. The third kappa shape index (κ3) is 6.00. The van der Waals surface area contributed by atoms with Crippen LogP contribution in [0.15, 0.2) is 36.4 Å². The molecule has 2 aromatic rings. The van der Waals surface area contributed by atoms with E-state index in [0.717, 1.165) is 18.4 Å². The van der Waals surface area contributed by atoms with Crippen LogP contribution in [-0.4, -0.2) is 31.6 Å². The third-order valence-electron chi connectivity index (χ3n) is 5.47. The van der Waals surface area contributed by atoms with E-state index in [2.05, 4.69) is 28.8 Å². The fourth-order valence-corrected chi connectivity index (χ4v) is 3.85. The number of amides is 2. The number of hydrogen-bond donors (Lipinski definition) is 2. The Labute approximate surface area is 184 Å². The lowest BCUT2D eigenvalue weighted by molar-refractivity contribution is -0.120. The van der Waals surface area contributed by atoms with Crippen molar-refractivity contribution in [2.75, 3.05) is 19.8 Å². The summed E-state index contributed by atoms with van der Waals surface area (Å²) in [7, 11) is 0. The Bertz CT molecular complexity index is 926. The van der Waals surface area contributed by atoms with Crippen LogP contribution in [0.4, 0.5) is 0 Å². The SMILES string of the molecule is CCOc1ccc(C(=O)NCC(=O)NC(C)c2ccc3c(c2)CCCC3)cc1OCC. The molecule has 0 saturated heterocycles. The number of rotatable bonds is 9. The molecule has 6 nitrogen and oxygen atoms in total. The number of hydrogen-bond acceptors (Lipinski definition) is 4. The summed E-state index contributed by atoms with van der Waals surface area (Å²) in [5.41, 5.74) is 4.32. The van der Waals surface area contributed by atoms with E-state index in [1.165, 1.54) is 24.0 Å². The number of ether oxygens (including phenoxy) is 2. The molecule has 3 rings (SSSR count). The molecular formula is C25H32N2O4. The van der Waals surface area contributed by atoms with Gasteiger partial charge >= 0.3 is 0 Å². The maximum atomic E-state index is 12.5. The zero-order chi connectivity index (χ0) is 22.2. The normalized spacial score (nSPS) is 13.6.